The molecule has 1 fully saturated rings. The zero-order valence-corrected chi connectivity index (χ0v) is 9.80. The number of alkyl halides is 1. The second-order valence-electron chi connectivity index (χ2n) is 4.19. The third-order valence-electron chi connectivity index (χ3n) is 3.01. The zero-order chi connectivity index (χ0) is 10.1. The Morgan fingerprint density at radius 1 is 1.50 bits per heavy atom. The Labute approximate surface area is 92.6 Å². The molecule has 2 heteroatoms. The van der Waals surface area contributed by atoms with Gasteiger partial charge in [-0.1, -0.05) is 41.1 Å². The van der Waals surface area contributed by atoms with Crippen LogP contribution in [0.1, 0.15) is 18.9 Å². The maximum Gasteiger partial charge on any atom is 0.126 e. The Bertz CT molecular complexity index is 324. The normalized spacial score (nSPS) is 27.4. The Morgan fingerprint density at radius 3 is 2.71 bits per heavy atom. The van der Waals surface area contributed by atoms with Crippen molar-refractivity contribution >= 4 is 15.9 Å². The van der Waals surface area contributed by atoms with Gasteiger partial charge in [-0.15, -0.1) is 0 Å². The molecular weight excluding hydrogens is 243 g/mol. The lowest BCUT2D eigenvalue weighted by Gasteiger charge is -2.09. The molecule has 0 saturated heterocycles. The fourth-order valence-corrected chi connectivity index (χ4v) is 2.97. The molecule has 1 aromatic rings. The minimum Gasteiger partial charge on any atom is -0.207 e. The molecular formula is C12H14BrF. The van der Waals surface area contributed by atoms with Crippen LogP contribution >= 0.6 is 15.9 Å². The van der Waals surface area contributed by atoms with E-state index in [4.69, 9.17) is 0 Å². The smallest absolute Gasteiger partial charge is 0.126 e. The van der Waals surface area contributed by atoms with Gasteiger partial charge in [-0.25, -0.2) is 4.39 Å². The van der Waals surface area contributed by atoms with Gasteiger partial charge >= 0.3 is 0 Å². The molecule has 1 aromatic carbocycles. The predicted octanol–water partition coefficient (Wildman–Crippen LogP) is 3.79. The number of benzene rings is 1. The van der Waals surface area contributed by atoms with Gasteiger partial charge in [0, 0.05) is 4.83 Å². The minimum atomic E-state index is -0.0785. The molecule has 0 aromatic heterocycles. The minimum absolute atomic E-state index is 0.0785. The van der Waals surface area contributed by atoms with Crippen LogP contribution in [0.3, 0.4) is 0 Å². The number of hydrogen-bond acceptors (Lipinski definition) is 0. The average Bonchev–Trinajstić information content (AvgIpc) is 2.87. The van der Waals surface area contributed by atoms with Crippen LogP contribution in [0, 0.1) is 17.7 Å². The lowest BCUT2D eigenvalue weighted by molar-refractivity contribution is 0.598. The number of hydrogen-bond donors (Lipinski definition) is 0. The van der Waals surface area contributed by atoms with Crippen LogP contribution in [0.2, 0.25) is 0 Å². The van der Waals surface area contributed by atoms with E-state index in [0.29, 0.717) is 4.83 Å². The fourth-order valence-electron chi connectivity index (χ4n) is 1.88. The Hall–Kier alpha value is -0.370. The Morgan fingerprint density at radius 2 is 2.14 bits per heavy atom. The molecule has 0 spiro atoms. The first-order valence-electron chi connectivity index (χ1n) is 5.06. The third kappa shape index (κ3) is 2.17. The summed E-state index contributed by atoms with van der Waals surface area (Å²) in [7, 11) is 0. The highest BCUT2D eigenvalue weighted by Gasteiger charge is 2.38. The molecule has 1 saturated carbocycles. The summed E-state index contributed by atoms with van der Waals surface area (Å²) < 4.78 is 13.3. The lowest BCUT2D eigenvalue weighted by atomic mass is 10.1. The van der Waals surface area contributed by atoms with E-state index in [9.17, 15) is 4.39 Å². The third-order valence-corrected chi connectivity index (χ3v) is 4.01. The largest absolute Gasteiger partial charge is 0.207 e. The molecule has 3 atom stereocenters. The van der Waals surface area contributed by atoms with Crippen molar-refractivity contribution in [3.05, 3.63) is 35.6 Å². The van der Waals surface area contributed by atoms with E-state index >= 15 is 0 Å². The molecule has 1 aliphatic carbocycles. The molecule has 0 radical (unpaired) electrons. The highest BCUT2D eigenvalue weighted by molar-refractivity contribution is 9.09. The molecule has 0 nitrogen and oxygen atoms in total. The van der Waals surface area contributed by atoms with Crippen molar-refractivity contribution in [3.63, 3.8) is 0 Å². The van der Waals surface area contributed by atoms with E-state index < -0.39 is 0 Å². The van der Waals surface area contributed by atoms with Crippen molar-refractivity contribution < 1.29 is 4.39 Å². The summed E-state index contributed by atoms with van der Waals surface area (Å²) in [4.78, 5) is 0.439. The van der Waals surface area contributed by atoms with E-state index in [1.165, 1.54) is 12.5 Å². The van der Waals surface area contributed by atoms with Gasteiger partial charge in [0.15, 0.2) is 0 Å². The summed E-state index contributed by atoms with van der Waals surface area (Å²) in [6, 6.07) is 7.04. The quantitative estimate of drug-likeness (QED) is 0.723. The van der Waals surface area contributed by atoms with Gasteiger partial charge in [0.1, 0.15) is 5.82 Å². The first-order valence-corrected chi connectivity index (χ1v) is 5.97. The molecule has 1 aliphatic rings. The highest BCUT2D eigenvalue weighted by Crippen LogP contribution is 2.44. The van der Waals surface area contributed by atoms with Gasteiger partial charge in [-0.2, -0.15) is 0 Å². The van der Waals surface area contributed by atoms with Crippen molar-refractivity contribution in [1.29, 1.82) is 0 Å². The lowest BCUT2D eigenvalue weighted by Crippen LogP contribution is -2.07. The SMILES string of the molecule is CC1CC1C(Br)Cc1ccccc1F. The predicted molar refractivity (Wildman–Crippen MR) is 60.1 cm³/mol. The molecule has 0 amide bonds. The molecule has 3 unspecified atom stereocenters. The van der Waals surface area contributed by atoms with Crippen LogP contribution in [0.4, 0.5) is 4.39 Å². The Kier molecular flexibility index (Phi) is 2.91. The van der Waals surface area contributed by atoms with Crippen LogP contribution in [0.5, 0.6) is 0 Å². The maximum absolute atomic E-state index is 13.3. The molecule has 2 rings (SSSR count). The van der Waals surface area contributed by atoms with Crippen molar-refractivity contribution in [2.24, 2.45) is 11.8 Å². The summed E-state index contributed by atoms with van der Waals surface area (Å²) >= 11 is 3.65. The summed E-state index contributed by atoms with van der Waals surface area (Å²) in [6.07, 6.45) is 2.09. The van der Waals surface area contributed by atoms with Gasteiger partial charge in [0.2, 0.25) is 0 Å². The standard InChI is InChI=1S/C12H14BrF/c1-8-6-10(8)11(13)7-9-4-2-3-5-12(9)14/h2-5,8,10-11H,6-7H2,1H3. The van der Waals surface area contributed by atoms with Gasteiger partial charge < -0.3 is 0 Å². The zero-order valence-electron chi connectivity index (χ0n) is 8.21. The van der Waals surface area contributed by atoms with Crippen LogP contribution < -0.4 is 0 Å². The summed E-state index contributed by atoms with van der Waals surface area (Å²) in [5.74, 6) is 1.48. The first kappa shape index (κ1) is 10.2. The van der Waals surface area contributed by atoms with E-state index in [2.05, 4.69) is 22.9 Å². The number of halogens is 2. The van der Waals surface area contributed by atoms with Crippen LogP contribution in [-0.4, -0.2) is 4.83 Å². The monoisotopic (exact) mass is 256 g/mol. The molecule has 0 bridgehead atoms. The van der Waals surface area contributed by atoms with Crippen LogP contribution in [0.15, 0.2) is 24.3 Å². The summed E-state index contributed by atoms with van der Waals surface area (Å²) in [5.41, 5.74) is 0.827. The average molecular weight is 257 g/mol. The van der Waals surface area contributed by atoms with Crippen molar-refractivity contribution in [2.45, 2.75) is 24.6 Å². The summed E-state index contributed by atoms with van der Waals surface area (Å²) in [6.45, 7) is 2.25. The Balaban J connectivity index is 2.00. The first-order chi connectivity index (χ1) is 6.68. The van der Waals surface area contributed by atoms with E-state index in [1.54, 1.807) is 6.07 Å². The van der Waals surface area contributed by atoms with Gasteiger partial charge in [0.05, 0.1) is 0 Å². The molecule has 0 N–H and O–H groups in total. The second kappa shape index (κ2) is 4.01. The highest BCUT2D eigenvalue weighted by atomic mass is 79.9. The van der Waals surface area contributed by atoms with E-state index in [0.717, 1.165) is 23.8 Å². The van der Waals surface area contributed by atoms with Gasteiger partial charge in [0.25, 0.3) is 0 Å². The molecule has 0 aliphatic heterocycles. The fraction of sp³-hybridized carbons (Fsp3) is 0.500. The topological polar surface area (TPSA) is 0 Å². The number of rotatable bonds is 3. The second-order valence-corrected chi connectivity index (χ2v) is 5.36. The summed E-state index contributed by atoms with van der Waals surface area (Å²) in [5, 5.41) is 0. The molecule has 14 heavy (non-hydrogen) atoms. The van der Waals surface area contributed by atoms with Gasteiger partial charge in [-0.05, 0) is 36.3 Å². The van der Waals surface area contributed by atoms with Gasteiger partial charge in [-0.3, -0.25) is 0 Å². The van der Waals surface area contributed by atoms with Crippen molar-refractivity contribution in [2.75, 3.05) is 0 Å². The maximum atomic E-state index is 13.3. The van der Waals surface area contributed by atoms with E-state index in [1.807, 2.05) is 12.1 Å². The molecule has 76 valence electrons. The molecule has 0 heterocycles. The van der Waals surface area contributed by atoms with Crippen molar-refractivity contribution in [1.82, 2.24) is 0 Å². The van der Waals surface area contributed by atoms with Crippen molar-refractivity contribution in [3.8, 4) is 0 Å². The van der Waals surface area contributed by atoms with Crippen LogP contribution in [-0.2, 0) is 6.42 Å². The van der Waals surface area contributed by atoms with E-state index in [-0.39, 0.29) is 5.82 Å². The van der Waals surface area contributed by atoms with Crippen LogP contribution in [0.25, 0.3) is 0 Å².